The van der Waals surface area contributed by atoms with Gasteiger partial charge in [0.2, 0.25) is 15.7 Å². The second kappa shape index (κ2) is 9.43. The van der Waals surface area contributed by atoms with Gasteiger partial charge in [-0.2, -0.15) is 0 Å². The van der Waals surface area contributed by atoms with Crippen molar-refractivity contribution in [1.29, 1.82) is 0 Å². The molecule has 168 valence electrons. The van der Waals surface area contributed by atoms with Gasteiger partial charge in [-0.15, -0.1) is 11.3 Å². The first-order valence-electron chi connectivity index (χ1n) is 9.67. The summed E-state index contributed by atoms with van der Waals surface area (Å²) < 4.78 is 39.3. The summed E-state index contributed by atoms with van der Waals surface area (Å²) in [4.78, 5) is 24.2. The number of piperazine rings is 1. The Kier molecular flexibility index (Phi) is 6.63. The molecular weight excluding hydrogens is 473 g/mol. The van der Waals surface area contributed by atoms with Crippen LogP contribution in [0.5, 0.6) is 0 Å². The molecule has 4 rings (SSSR count). The van der Waals surface area contributed by atoms with Gasteiger partial charge >= 0.3 is 0 Å². The molecule has 0 radical (unpaired) electrons. The fourth-order valence-corrected chi connectivity index (χ4v) is 6.39. The zero-order chi connectivity index (χ0) is 22.7. The van der Waals surface area contributed by atoms with Crippen molar-refractivity contribution in [2.24, 2.45) is 0 Å². The van der Waals surface area contributed by atoms with E-state index in [-0.39, 0.29) is 37.6 Å². The average Bonchev–Trinajstić information content (AvgIpc) is 3.34. The summed E-state index contributed by atoms with van der Waals surface area (Å²) in [5, 5.41) is 1.89. The number of halogens is 1. The monoisotopic (exact) mass is 493 g/mol. The molecule has 1 aliphatic rings. The Bertz CT molecular complexity index is 1210. The van der Waals surface area contributed by atoms with E-state index in [0.717, 1.165) is 23.1 Å². The van der Waals surface area contributed by atoms with Crippen LogP contribution in [-0.4, -0.2) is 61.1 Å². The van der Waals surface area contributed by atoms with Crippen molar-refractivity contribution in [3.05, 3.63) is 53.8 Å². The third-order valence-electron chi connectivity index (χ3n) is 4.96. The van der Waals surface area contributed by atoms with Crippen LogP contribution in [-0.2, 0) is 14.6 Å². The smallest absolute Gasteiger partial charge is 0.233 e. The summed E-state index contributed by atoms with van der Waals surface area (Å²) in [5.41, 5.74) is 6.41. The summed E-state index contributed by atoms with van der Waals surface area (Å²) >= 11 is 2.18. The lowest BCUT2D eigenvalue weighted by atomic mass is 10.2. The molecule has 12 heteroatoms. The highest BCUT2D eigenvalue weighted by molar-refractivity contribution is 7.99. The third kappa shape index (κ3) is 4.71. The van der Waals surface area contributed by atoms with Crippen LogP contribution in [0.3, 0.4) is 0 Å². The highest BCUT2D eigenvalue weighted by Crippen LogP contribution is 2.28. The normalized spacial score (nSPS) is 14.5. The van der Waals surface area contributed by atoms with Gasteiger partial charge in [-0.1, -0.05) is 30.0 Å². The fourth-order valence-electron chi connectivity index (χ4n) is 3.29. The lowest BCUT2D eigenvalue weighted by Gasteiger charge is -2.36. The van der Waals surface area contributed by atoms with E-state index in [1.54, 1.807) is 34.5 Å². The van der Waals surface area contributed by atoms with Crippen LogP contribution in [0.4, 0.5) is 15.9 Å². The Morgan fingerprint density at radius 1 is 1.16 bits per heavy atom. The van der Waals surface area contributed by atoms with Crippen LogP contribution < -0.4 is 10.6 Å². The number of thiophene rings is 1. The summed E-state index contributed by atoms with van der Waals surface area (Å²) in [6.07, 6.45) is 1.18. The average molecular weight is 494 g/mol. The first-order chi connectivity index (χ1) is 15.4. The van der Waals surface area contributed by atoms with Crippen LogP contribution in [0.1, 0.15) is 0 Å². The number of nitrogen functional groups attached to an aromatic ring is 1. The number of hydrogen-bond acceptors (Lipinski definition) is 9. The molecule has 1 saturated heterocycles. The van der Waals surface area contributed by atoms with Crippen molar-refractivity contribution in [2.75, 3.05) is 42.6 Å². The van der Waals surface area contributed by atoms with Crippen LogP contribution >= 0.6 is 23.1 Å². The van der Waals surface area contributed by atoms with E-state index in [9.17, 15) is 17.6 Å². The molecule has 3 heterocycles. The lowest BCUT2D eigenvalue weighted by Crippen LogP contribution is -2.49. The van der Waals surface area contributed by atoms with E-state index in [1.807, 2.05) is 4.90 Å². The third-order valence-corrected chi connectivity index (χ3v) is 8.97. The number of hydrogen-bond donors (Lipinski definition) is 1. The number of amides is 1. The molecule has 0 atom stereocenters. The van der Waals surface area contributed by atoms with Crippen molar-refractivity contribution < 1.29 is 17.6 Å². The molecular formula is C20H20FN5O3S3. The van der Waals surface area contributed by atoms with E-state index in [0.29, 0.717) is 31.9 Å². The topological polar surface area (TPSA) is 109 Å². The maximum absolute atomic E-state index is 14.0. The van der Waals surface area contributed by atoms with Gasteiger partial charge < -0.3 is 15.5 Å². The Morgan fingerprint density at radius 2 is 1.91 bits per heavy atom. The number of thioether (sulfide) groups is 1. The van der Waals surface area contributed by atoms with Gasteiger partial charge in [0.15, 0.2) is 5.16 Å². The van der Waals surface area contributed by atoms with Gasteiger partial charge in [-0.3, -0.25) is 4.79 Å². The summed E-state index contributed by atoms with van der Waals surface area (Å²) in [7, 11) is -3.77. The lowest BCUT2D eigenvalue weighted by molar-refractivity contribution is -0.128. The molecule has 8 nitrogen and oxygen atoms in total. The van der Waals surface area contributed by atoms with Crippen molar-refractivity contribution in [1.82, 2.24) is 14.9 Å². The molecule has 1 aliphatic heterocycles. The molecule has 1 aromatic carbocycles. The second-order valence-corrected chi connectivity index (χ2v) is 11.0. The van der Waals surface area contributed by atoms with Crippen molar-refractivity contribution >= 4 is 50.3 Å². The summed E-state index contributed by atoms with van der Waals surface area (Å²) in [6.45, 7) is 2.04. The predicted molar refractivity (Wildman–Crippen MR) is 122 cm³/mol. The van der Waals surface area contributed by atoms with Gasteiger partial charge in [0.05, 0.1) is 17.6 Å². The molecule has 0 spiro atoms. The Morgan fingerprint density at radius 3 is 2.56 bits per heavy atom. The maximum Gasteiger partial charge on any atom is 0.233 e. The summed E-state index contributed by atoms with van der Waals surface area (Å²) in [5.74, 6) is -0.430. The van der Waals surface area contributed by atoms with Gasteiger partial charge in [-0.25, -0.2) is 22.8 Å². The van der Waals surface area contributed by atoms with E-state index in [1.165, 1.54) is 18.3 Å². The quantitative estimate of drug-likeness (QED) is 0.412. The Labute approximate surface area is 193 Å². The largest absolute Gasteiger partial charge is 0.382 e. The number of carbonyl (C=O) groups excluding carboxylic acids is 1. The maximum atomic E-state index is 14.0. The van der Waals surface area contributed by atoms with Gasteiger partial charge in [0.1, 0.15) is 20.7 Å². The minimum atomic E-state index is -3.77. The molecule has 32 heavy (non-hydrogen) atoms. The molecule has 2 N–H and O–H groups in total. The van der Waals surface area contributed by atoms with Crippen LogP contribution in [0, 0.1) is 5.82 Å². The minimum Gasteiger partial charge on any atom is -0.382 e. The first-order valence-corrected chi connectivity index (χ1v) is 13.0. The van der Waals surface area contributed by atoms with Crippen LogP contribution in [0.2, 0.25) is 0 Å². The number of aromatic nitrogens is 2. The molecule has 0 aliphatic carbocycles. The molecule has 0 saturated carbocycles. The van der Waals surface area contributed by atoms with Crippen molar-refractivity contribution in [3.63, 3.8) is 0 Å². The highest BCUT2D eigenvalue weighted by Gasteiger charge is 2.25. The van der Waals surface area contributed by atoms with Crippen molar-refractivity contribution in [2.45, 2.75) is 14.3 Å². The molecule has 1 fully saturated rings. The van der Waals surface area contributed by atoms with Gasteiger partial charge in [-0.05, 0) is 23.6 Å². The number of benzene rings is 1. The van der Waals surface area contributed by atoms with E-state index < -0.39 is 9.84 Å². The van der Waals surface area contributed by atoms with Gasteiger partial charge in [0.25, 0.3) is 0 Å². The SMILES string of the molecule is Nc1nc(SCC(=O)N2CCN(c3ccccc3F)CC2)ncc1S(=O)(=O)c1cccs1. The number of anilines is 2. The number of rotatable bonds is 6. The van der Waals surface area contributed by atoms with Crippen molar-refractivity contribution in [3.8, 4) is 0 Å². The highest BCUT2D eigenvalue weighted by atomic mass is 32.2. The van der Waals surface area contributed by atoms with Crippen LogP contribution in [0.25, 0.3) is 0 Å². The Balaban J connectivity index is 1.34. The molecule has 1 amide bonds. The van der Waals surface area contributed by atoms with Crippen LogP contribution in [0.15, 0.2) is 62.2 Å². The molecule has 0 unspecified atom stereocenters. The number of para-hydroxylation sites is 1. The van der Waals surface area contributed by atoms with E-state index in [4.69, 9.17) is 5.73 Å². The zero-order valence-corrected chi connectivity index (χ0v) is 19.3. The molecule has 0 bridgehead atoms. The Hall–Kier alpha value is -2.70. The van der Waals surface area contributed by atoms with E-state index >= 15 is 0 Å². The second-order valence-electron chi connectivity index (χ2n) is 6.95. The number of nitrogens with two attached hydrogens (primary N) is 1. The number of sulfone groups is 1. The fraction of sp³-hybridized carbons (Fsp3) is 0.250. The zero-order valence-electron chi connectivity index (χ0n) is 16.8. The minimum absolute atomic E-state index is 0.0934. The van der Waals surface area contributed by atoms with Gasteiger partial charge in [0, 0.05) is 26.2 Å². The number of nitrogens with zero attached hydrogens (tertiary/aromatic N) is 4. The summed E-state index contributed by atoms with van der Waals surface area (Å²) in [6, 6.07) is 9.72. The number of carbonyl (C=O) groups is 1. The molecule has 2 aromatic heterocycles. The predicted octanol–water partition coefficient (Wildman–Crippen LogP) is 2.53. The first kappa shape index (κ1) is 22.5. The molecule has 3 aromatic rings. The standard InChI is InChI=1S/C20H20FN5O3S3/c21-14-4-1-2-5-15(14)25-7-9-26(10-8-25)17(27)13-31-20-23-12-16(19(22)24-20)32(28,29)18-6-3-11-30-18/h1-6,11-12H,7-10,13H2,(H2,22,23,24). The van der Waals surface area contributed by atoms with E-state index in [2.05, 4.69) is 9.97 Å².